The van der Waals surface area contributed by atoms with Gasteiger partial charge in [0.1, 0.15) is 5.75 Å². The molecule has 158 valence electrons. The molecule has 0 saturated carbocycles. The van der Waals surface area contributed by atoms with E-state index in [1.54, 1.807) is 7.11 Å². The van der Waals surface area contributed by atoms with Gasteiger partial charge in [0.25, 0.3) is 0 Å². The lowest BCUT2D eigenvalue weighted by Crippen LogP contribution is -2.31. The fourth-order valence-electron chi connectivity index (χ4n) is 3.83. The summed E-state index contributed by atoms with van der Waals surface area (Å²) < 4.78 is 5.14. The number of methoxy groups -OCH3 is 1. The van der Waals surface area contributed by atoms with Gasteiger partial charge < -0.3 is 15.4 Å². The van der Waals surface area contributed by atoms with Gasteiger partial charge in [-0.25, -0.2) is 4.98 Å². The van der Waals surface area contributed by atoms with Crippen LogP contribution in [0, 0.1) is 0 Å². The van der Waals surface area contributed by atoms with Gasteiger partial charge in [-0.15, -0.1) is 0 Å². The number of nitrogens with one attached hydrogen (secondary N) is 3. The van der Waals surface area contributed by atoms with E-state index >= 15 is 0 Å². The molecule has 1 aliphatic rings. The van der Waals surface area contributed by atoms with E-state index in [2.05, 4.69) is 51.7 Å². The van der Waals surface area contributed by atoms with Crippen LogP contribution in [0.4, 0.5) is 11.5 Å². The molecule has 0 radical (unpaired) electrons. The van der Waals surface area contributed by atoms with Crippen molar-refractivity contribution in [1.29, 1.82) is 0 Å². The summed E-state index contributed by atoms with van der Waals surface area (Å²) in [6, 6.07) is 11.8. The topological polar surface area (TPSA) is 95.2 Å². The lowest BCUT2D eigenvalue weighted by Gasteiger charge is -2.16. The largest absolute Gasteiger partial charge is 0.497 e. The highest BCUT2D eigenvalue weighted by Crippen LogP contribution is 2.28. The third kappa shape index (κ3) is 4.54. The van der Waals surface area contributed by atoms with E-state index in [0.717, 1.165) is 53.5 Å². The van der Waals surface area contributed by atoms with Gasteiger partial charge in [0.15, 0.2) is 11.5 Å². The first-order chi connectivity index (χ1) is 14.5. The fourth-order valence-corrected chi connectivity index (χ4v) is 3.83. The Labute approximate surface area is 176 Å². The minimum atomic E-state index is -0.0119. The number of hydrogen-bond acceptors (Lipinski definition) is 6. The zero-order chi connectivity index (χ0) is 21.1. The predicted octanol–water partition coefficient (Wildman–Crippen LogP) is 3.21. The van der Waals surface area contributed by atoms with Gasteiger partial charge in [0, 0.05) is 29.9 Å². The van der Waals surface area contributed by atoms with Crippen LogP contribution in [0.3, 0.4) is 0 Å². The van der Waals surface area contributed by atoms with E-state index in [1.807, 2.05) is 24.3 Å². The van der Waals surface area contributed by atoms with E-state index in [1.165, 1.54) is 0 Å². The summed E-state index contributed by atoms with van der Waals surface area (Å²) in [6.45, 7) is 6.24. The van der Waals surface area contributed by atoms with Gasteiger partial charge in [-0.1, -0.05) is 0 Å². The van der Waals surface area contributed by atoms with Crippen LogP contribution in [-0.2, 0) is 4.79 Å². The van der Waals surface area contributed by atoms with Gasteiger partial charge in [-0.3, -0.25) is 14.8 Å². The number of aromatic nitrogens is 3. The highest BCUT2D eigenvalue weighted by atomic mass is 16.5. The molecule has 8 nitrogen and oxygen atoms in total. The summed E-state index contributed by atoms with van der Waals surface area (Å²) >= 11 is 0. The minimum Gasteiger partial charge on any atom is -0.497 e. The zero-order valence-electron chi connectivity index (χ0n) is 17.6. The Morgan fingerprint density at radius 3 is 2.80 bits per heavy atom. The Kier molecular flexibility index (Phi) is 5.85. The fraction of sp³-hybridized carbons (Fsp3) is 0.409. The molecule has 1 fully saturated rings. The summed E-state index contributed by atoms with van der Waals surface area (Å²) in [5, 5.41) is 14.6. The number of likely N-dealkylation sites (tertiary alicyclic amines) is 1. The van der Waals surface area contributed by atoms with Crippen LogP contribution in [0.15, 0.2) is 36.4 Å². The summed E-state index contributed by atoms with van der Waals surface area (Å²) in [5.74, 6) is 1.90. The van der Waals surface area contributed by atoms with Crippen molar-refractivity contribution < 1.29 is 9.53 Å². The molecule has 0 spiro atoms. The first-order valence-corrected chi connectivity index (χ1v) is 10.3. The van der Waals surface area contributed by atoms with Crippen LogP contribution < -0.4 is 15.4 Å². The monoisotopic (exact) mass is 408 g/mol. The van der Waals surface area contributed by atoms with E-state index in [0.29, 0.717) is 18.5 Å². The van der Waals surface area contributed by atoms with E-state index in [4.69, 9.17) is 9.72 Å². The normalized spacial score (nSPS) is 16.9. The Bertz CT molecular complexity index is 1010. The maximum Gasteiger partial charge on any atom is 0.238 e. The van der Waals surface area contributed by atoms with Crippen molar-refractivity contribution in [3.8, 4) is 5.75 Å². The maximum atomic E-state index is 12.4. The van der Waals surface area contributed by atoms with Crippen LogP contribution in [-0.4, -0.2) is 58.8 Å². The number of ether oxygens (including phenoxy) is 1. The summed E-state index contributed by atoms with van der Waals surface area (Å²) in [6.07, 6.45) is 0.986. The Hall–Kier alpha value is -3.13. The van der Waals surface area contributed by atoms with E-state index < -0.39 is 0 Å². The molecular weight excluding hydrogens is 380 g/mol. The lowest BCUT2D eigenvalue weighted by atomic mass is 10.0. The first kappa shape index (κ1) is 20.2. The number of amides is 1. The summed E-state index contributed by atoms with van der Waals surface area (Å²) in [4.78, 5) is 19.4. The van der Waals surface area contributed by atoms with E-state index in [9.17, 15) is 4.79 Å². The number of carbonyl (C=O) groups is 1. The van der Waals surface area contributed by atoms with Crippen LogP contribution >= 0.6 is 0 Å². The smallest absolute Gasteiger partial charge is 0.238 e. The van der Waals surface area contributed by atoms with Crippen molar-refractivity contribution in [2.24, 2.45) is 0 Å². The van der Waals surface area contributed by atoms with Crippen LogP contribution in [0.2, 0.25) is 0 Å². The molecule has 1 atom stereocenters. The van der Waals surface area contributed by atoms with Gasteiger partial charge in [-0.05, 0) is 63.2 Å². The molecule has 30 heavy (non-hydrogen) atoms. The molecule has 1 aliphatic heterocycles. The highest BCUT2D eigenvalue weighted by Gasteiger charge is 2.26. The number of carbonyl (C=O) groups excluding carboxylic acids is 1. The van der Waals surface area contributed by atoms with E-state index in [-0.39, 0.29) is 5.91 Å². The molecule has 3 heterocycles. The SMILES string of the molecule is COc1ccc(NC(=O)CN2CC[C@@H](c3ccc4c(NC(C)C)n[nH]c4n3)C2)cc1. The number of anilines is 2. The number of H-pyrrole nitrogens is 1. The lowest BCUT2D eigenvalue weighted by molar-refractivity contribution is -0.117. The minimum absolute atomic E-state index is 0.0119. The molecule has 0 bridgehead atoms. The molecule has 1 amide bonds. The molecular formula is C22H28N6O2. The molecule has 3 aromatic rings. The second-order valence-corrected chi connectivity index (χ2v) is 8.00. The number of benzene rings is 1. The van der Waals surface area contributed by atoms with Gasteiger partial charge in [-0.2, -0.15) is 5.10 Å². The van der Waals surface area contributed by atoms with Gasteiger partial charge in [0.2, 0.25) is 5.91 Å². The number of hydrogen-bond donors (Lipinski definition) is 3. The molecule has 1 saturated heterocycles. The summed E-state index contributed by atoms with van der Waals surface area (Å²) in [7, 11) is 1.62. The third-order valence-corrected chi connectivity index (χ3v) is 5.30. The Morgan fingerprint density at radius 1 is 1.27 bits per heavy atom. The Morgan fingerprint density at radius 2 is 2.07 bits per heavy atom. The zero-order valence-corrected chi connectivity index (χ0v) is 17.6. The second-order valence-electron chi connectivity index (χ2n) is 8.00. The molecule has 0 unspecified atom stereocenters. The molecule has 3 N–H and O–H groups in total. The second kappa shape index (κ2) is 8.71. The third-order valence-electron chi connectivity index (χ3n) is 5.30. The van der Waals surface area contributed by atoms with Crippen LogP contribution in [0.25, 0.3) is 11.0 Å². The highest BCUT2D eigenvalue weighted by molar-refractivity contribution is 5.92. The first-order valence-electron chi connectivity index (χ1n) is 10.3. The molecule has 1 aromatic carbocycles. The quantitative estimate of drug-likeness (QED) is 0.556. The molecule has 0 aliphatic carbocycles. The predicted molar refractivity (Wildman–Crippen MR) is 118 cm³/mol. The van der Waals surface area contributed by atoms with Crippen molar-refractivity contribution in [2.75, 3.05) is 37.4 Å². The summed E-state index contributed by atoms with van der Waals surface area (Å²) in [5.41, 5.74) is 2.61. The number of nitrogens with zero attached hydrogens (tertiary/aromatic N) is 3. The number of aromatic amines is 1. The number of pyridine rings is 1. The van der Waals surface area contributed by atoms with Crippen molar-refractivity contribution in [1.82, 2.24) is 20.1 Å². The van der Waals surface area contributed by atoms with Crippen LogP contribution in [0.1, 0.15) is 31.9 Å². The average Bonchev–Trinajstić information content (AvgIpc) is 3.35. The number of fused-ring (bicyclic) bond motifs is 1. The molecule has 2 aromatic heterocycles. The van der Waals surface area contributed by atoms with Gasteiger partial charge >= 0.3 is 0 Å². The van der Waals surface area contributed by atoms with Crippen molar-refractivity contribution in [3.05, 3.63) is 42.1 Å². The molecule has 4 rings (SSSR count). The maximum absolute atomic E-state index is 12.4. The van der Waals surface area contributed by atoms with Crippen molar-refractivity contribution in [3.63, 3.8) is 0 Å². The standard InChI is InChI=1S/C22H28N6O2/c1-14(2)23-21-18-8-9-19(25-22(18)27-26-21)15-10-11-28(12-15)13-20(29)24-16-4-6-17(30-3)7-5-16/h4-9,14-15H,10-13H2,1-3H3,(H,24,29)(H2,23,25,26,27)/t15-/m1/s1. The molecule has 8 heteroatoms. The number of rotatable bonds is 7. The van der Waals surface area contributed by atoms with Gasteiger partial charge in [0.05, 0.1) is 19.0 Å². The van der Waals surface area contributed by atoms with Crippen molar-refractivity contribution >= 4 is 28.4 Å². The van der Waals surface area contributed by atoms with Crippen LogP contribution in [0.5, 0.6) is 5.75 Å². The Balaban J connectivity index is 1.35. The van der Waals surface area contributed by atoms with Crippen molar-refractivity contribution in [2.45, 2.75) is 32.2 Å². The average molecular weight is 409 g/mol.